The van der Waals surface area contributed by atoms with Gasteiger partial charge in [-0.15, -0.1) is 0 Å². The maximum Gasteiger partial charge on any atom is 0.396 e. The summed E-state index contributed by atoms with van der Waals surface area (Å²) >= 11 is 1.99. The lowest BCUT2D eigenvalue weighted by Gasteiger charge is -2.09. The summed E-state index contributed by atoms with van der Waals surface area (Å²) in [6.45, 7) is 1.66. The van der Waals surface area contributed by atoms with Gasteiger partial charge in [-0.3, -0.25) is 0 Å². The molecule has 0 aliphatic rings. The highest BCUT2D eigenvalue weighted by Gasteiger charge is 2.29. The molecule has 0 aromatic carbocycles. The first-order valence-electron chi connectivity index (χ1n) is 4.11. The molecule has 0 aliphatic heterocycles. The van der Waals surface area contributed by atoms with E-state index in [2.05, 4.69) is 15.3 Å². The Hall–Kier alpha value is -0.600. The summed E-state index contributed by atoms with van der Waals surface area (Å²) in [5.74, 6) is 0.229. The minimum absolute atomic E-state index is 0.204. The second-order valence-corrected chi connectivity index (χ2v) is 4.01. The highest BCUT2D eigenvalue weighted by molar-refractivity contribution is 14.1. The van der Waals surface area contributed by atoms with Gasteiger partial charge < -0.3 is 5.32 Å². The van der Waals surface area contributed by atoms with Gasteiger partial charge in [0, 0.05) is 7.05 Å². The summed E-state index contributed by atoms with van der Waals surface area (Å²) < 4.78 is 37.1. The standard InChI is InChI=1S/C8H9F3IN3/c1-4-6(12)7(13-2)15-5(14-4)3-8(9,10)11/h3H2,1-2H3,(H,13,14,15). The van der Waals surface area contributed by atoms with Crippen molar-refractivity contribution in [3.8, 4) is 0 Å². The van der Waals surface area contributed by atoms with Gasteiger partial charge in [0.15, 0.2) is 0 Å². The molecule has 0 unspecified atom stereocenters. The van der Waals surface area contributed by atoms with Crippen molar-refractivity contribution < 1.29 is 13.2 Å². The summed E-state index contributed by atoms with van der Waals surface area (Å²) in [5.41, 5.74) is 0.550. The van der Waals surface area contributed by atoms with Crippen LogP contribution < -0.4 is 5.32 Å². The van der Waals surface area contributed by atoms with Crippen molar-refractivity contribution in [2.75, 3.05) is 12.4 Å². The number of anilines is 1. The first kappa shape index (κ1) is 12.5. The van der Waals surface area contributed by atoms with Crippen LogP contribution in [0.3, 0.4) is 0 Å². The zero-order chi connectivity index (χ0) is 11.6. The van der Waals surface area contributed by atoms with E-state index in [-0.39, 0.29) is 5.82 Å². The minimum Gasteiger partial charge on any atom is -0.372 e. The van der Waals surface area contributed by atoms with Gasteiger partial charge in [-0.05, 0) is 29.5 Å². The van der Waals surface area contributed by atoms with Crippen LogP contribution in [-0.2, 0) is 6.42 Å². The van der Waals surface area contributed by atoms with E-state index < -0.39 is 12.6 Å². The van der Waals surface area contributed by atoms with Crippen LogP contribution in [0.1, 0.15) is 11.5 Å². The highest BCUT2D eigenvalue weighted by Crippen LogP contribution is 2.23. The molecule has 1 rings (SSSR count). The van der Waals surface area contributed by atoms with E-state index in [1.165, 1.54) is 0 Å². The van der Waals surface area contributed by atoms with E-state index in [9.17, 15) is 13.2 Å². The molecule has 0 saturated carbocycles. The van der Waals surface area contributed by atoms with E-state index in [0.717, 1.165) is 3.57 Å². The average Bonchev–Trinajstić information content (AvgIpc) is 2.08. The van der Waals surface area contributed by atoms with Crippen LogP contribution in [0.4, 0.5) is 19.0 Å². The fourth-order valence-electron chi connectivity index (χ4n) is 1.04. The van der Waals surface area contributed by atoms with Crippen molar-refractivity contribution in [1.29, 1.82) is 0 Å². The number of nitrogens with one attached hydrogen (secondary N) is 1. The molecule has 1 aromatic heterocycles. The third kappa shape index (κ3) is 3.47. The van der Waals surface area contributed by atoms with E-state index in [1.54, 1.807) is 14.0 Å². The number of hydrogen-bond donors (Lipinski definition) is 1. The predicted molar refractivity (Wildman–Crippen MR) is 58.8 cm³/mol. The molecule has 1 heterocycles. The summed E-state index contributed by atoms with van der Waals surface area (Å²) in [5, 5.41) is 2.74. The molecule has 15 heavy (non-hydrogen) atoms. The topological polar surface area (TPSA) is 37.8 Å². The monoisotopic (exact) mass is 331 g/mol. The predicted octanol–water partition coefficient (Wildman–Crippen LogP) is 2.54. The first-order chi connectivity index (χ1) is 6.83. The number of rotatable bonds is 2. The molecule has 0 spiro atoms. The number of hydrogen-bond acceptors (Lipinski definition) is 3. The summed E-state index contributed by atoms with van der Waals surface area (Å²) in [6, 6.07) is 0. The van der Waals surface area contributed by atoms with Gasteiger partial charge in [-0.2, -0.15) is 13.2 Å². The molecule has 0 amide bonds. The van der Waals surface area contributed by atoms with Gasteiger partial charge >= 0.3 is 6.18 Å². The maximum absolute atomic E-state index is 12.1. The Labute approximate surface area is 98.6 Å². The first-order valence-corrected chi connectivity index (χ1v) is 5.19. The smallest absolute Gasteiger partial charge is 0.372 e. The van der Waals surface area contributed by atoms with E-state index in [1.807, 2.05) is 22.6 Å². The van der Waals surface area contributed by atoms with Crippen LogP contribution in [0.5, 0.6) is 0 Å². The van der Waals surface area contributed by atoms with Crippen molar-refractivity contribution in [1.82, 2.24) is 9.97 Å². The number of aromatic nitrogens is 2. The Kier molecular flexibility index (Phi) is 3.74. The van der Waals surface area contributed by atoms with Crippen LogP contribution in [0.25, 0.3) is 0 Å². The molecule has 0 saturated heterocycles. The molecule has 0 bridgehead atoms. The number of alkyl halides is 3. The van der Waals surface area contributed by atoms with Crippen molar-refractivity contribution >= 4 is 28.4 Å². The Bertz CT molecular complexity index is 365. The third-order valence-corrected chi connectivity index (χ3v) is 2.95. The van der Waals surface area contributed by atoms with Crippen molar-refractivity contribution in [3.05, 3.63) is 15.1 Å². The molecule has 0 atom stereocenters. The van der Waals surface area contributed by atoms with E-state index in [0.29, 0.717) is 11.5 Å². The molecule has 0 radical (unpaired) electrons. The highest BCUT2D eigenvalue weighted by atomic mass is 127. The quantitative estimate of drug-likeness (QED) is 0.847. The van der Waals surface area contributed by atoms with Gasteiger partial charge in [0.2, 0.25) is 0 Å². The van der Waals surface area contributed by atoms with Gasteiger partial charge in [0.1, 0.15) is 18.1 Å². The normalized spacial score (nSPS) is 11.6. The average molecular weight is 331 g/mol. The van der Waals surface area contributed by atoms with Crippen LogP contribution in [0.2, 0.25) is 0 Å². The molecule has 0 fully saturated rings. The molecule has 3 nitrogen and oxygen atoms in total. The lowest BCUT2D eigenvalue weighted by Crippen LogP contribution is -2.16. The van der Waals surface area contributed by atoms with E-state index in [4.69, 9.17) is 0 Å². The molecule has 7 heteroatoms. The van der Waals surface area contributed by atoms with Gasteiger partial charge in [0.25, 0.3) is 0 Å². The molecule has 84 valence electrons. The van der Waals surface area contributed by atoms with Crippen LogP contribution >= 0.6 is 22.6 Å². The fourth-order valence-corrected chi connectivity index (χ4v) is 1.55. The lowest BCUT2D eigenvalue weighted by molar-refractivity contribution is -0.128. The molecular weight excluding hydrogens is 322 g/mol. The Balaban J connectivity index is 3.06. The number of nitrogens with zero attached hydrogens (tertiary/aromatic N) is 2. The minimum atomic E-state index is -4.27. The SMILES string of the molecule is CNc1nc(CC(F)(F)F)nc(C)c1I. The van der Waals surface area contributed by atoms with Gasteiger partial charge in [-0.25, -0.2) is 9.97 Å². The van der Waals surface area contributed by atoms with Crippen LogP contribution in [-0.4, -0.2) is 23.2 Å². The summed E-state index contributed by atoms with van der Waals surface area (Å²) in [4.78, 5) is 7.58. The Morgan fingerprint density at radius 2 is 1.93 bits per heavy atom. The van der Waals surface area contributed by atoms with Crippen LogP contribution in [0.15, 0.2) is 0 Å². The molecule has 1 N–H and O–H groups in total. The largest absolute Gasteiger partial charge is 0.396 e. The third-order valence-electron chi connectivity index (χ3n) is 1.66. The molecule has 0 aliphatic carbocycles. The zero-order valence-electron chi connectivity index (χ0n) is 8.11. The number of aryl methyl sites for hydroxylation is 1. The summed E-state index contributed by atoms with van der Waals surface area (Å²) in [7, 11) is 1.61. The summed E-state index contributed by atoms with van der Waals surface area (Å²) in [6.07, 6.45) is -5.37. The van der Waals surface area contributed by atoms with Crippen molar-refractivity contribution in [3.63, 3.8) is 0 Å². The zero-order valence-corrected chi connectivity index (χ0v) is 10.3. The Morgan fingerprint density at radius 1 is 1.33 bits per heavy atom. The van der Waals surface area contributed by atoms with Gasteiger partial charge in [-0.1, -0.05) is 0 Å². The fraction of sp³-hybridized carbons (Fsp3) is 0.500. The second-order valence-electron chi connectivity index (χ2n) is 2.93. The molecule has 1 aromatic rings. The maximum atomic E-state index is 12.1. The van der Waals surface area contributed by atoms with E-state index >= 15 is 0 Å². The van der Waals surface area contributed by atoms with Crippen molar-refractivity contribution in [2.24, 2.45) is 0 Å². The van der Waals surface area contributed by atoms with Gasteiger partial charge in [0.05, 0.1) is 9.26 Å². The lowest BCUT2D eigenvalue weighted by atomic mass is 10.3. The Morgan fingerprint density at radius 3 is 2.40 bits per heavy atom. The molecular formula is C8H9F3IN3. The van der Waals surface area contributed by atoms with Crippen LogP contribution in [0, 0.1) is 10.5 Å². The number of halogens is 4. The second kappa shape index (κ2) is 4.50. The van der Waals surface area contributed by atoms with Crippen molar-refractivity contribution in [2.45, 2.75) is 19.5 Å².